The van der Waals surface area contributed by atoms with Crippen LogP contribution < -0.4 is 5.32 Å². The zero-order chi connectivity index (χ0) is 18.5. The third kappa shape index (κ3) is 4.39. The maximum atomic E-state index is 12.1. The lowest BCUT2D eigenvalue weighted by Gasteiger charge is -2.02. The molecule has 3 heterocycles. The molecule has 0 saturated carbocycles. The van der Waals surface area contributed by atoms with E-state index >= 15 is 0 Å². The van der Waals surface area contributed by atoms with Crippen LogP contribution in [0.25, 0.3) is 11.4 Å². The smallest absolute Gasteiger partial charge is 0.358 e. The molecule has 4 rings (SSSR count). The van der Waals surface area contributed by atoms with Crippen LogP contribution in [0, 0.1) is 0 Å². The molecule has 0 unspecified atom stereocenters. The van der Waals surface area contributed by atoms with E-state index < -0.39 is 5.97 Å². The Kier molecular flexibility index (Phi) is 5.22. The number of nitrogens with one attached hydrogen (secondary N) is 1. The number of nitrogens with zero attached hydrogens (tertiary/aromatic N) is 3. The molecular weight excluding hydrogens is 384 g/mol. The average Bonchev–Trinajstić information content (AvgIpc) is 3.46. The first-order chi connectivity index (χ1) is 13.3. The van der Waals surface area contributed by atoms with Crippen LogP contribution >= 0.6 is 22.7 Å². The third-order valence-corrected chi connectivity index (χ3v) is 5.06. The third-order valence-electron chi connectivity index (χ3n) is 3.57. The molecule has 0 aliphatic rings. The highest BCUT2D eigenvalue weighted by Gasteiger charge is 2.15. The van der Waals surface area contributed by atoms with Crippen molar-refractivity contribution >= 4 is 33.8 Å². The lowest BCUT2D eigenvalue weighted by Crippen LogP contribution is -2.06. The number of thiophene rings is 1. The lowest BCUT2D eigenvalue weighted by molar-refractivity contribution is 0.0424. The molecule has 9 heteroatoms. The van der Waals surface area contributed by atoms with Gasteiger partial charge in [0.15, 0.2) is 17.4 Å². The highest BCUT2D eigenvalue weighted by Crippen LogP contribution is 2.20. The van der Waals surface area contributed by atoms with E-state index in [-0.39, 0.29) is 18.2 Å². The normalized spacial score (nSPS) is 10.7. The molecule has 1 aromatic carbocycles. The van der Waals surface area contributed by atoms with Gasteiger partial charge in [0.1, 0.15) is 0 Å². The Hall–Kier alpha value is -3.04. The topological polar surface area (TPSA) is 90.1 Å². The summed E-state index contributed by atoms with van der Waals surface area (Å²) in [4.78, 5) is 20.6. The van der Waals surface area contributed by atoms with Crippen LogP contribution in [0.2, 0.25) is 0 Å². The minimum Gasteiger partial charge on any atom is -0.451 e. The molecule has 4 aromatic rings. The molecule has 0 fully saturated rings. The Balaban J connectivity index is 1.30. The summed E-state index contributed by atoms with van der Waals surface area (Å²) >= 11 is 2.89. The summed E-state index contributed by atoms with van der Waals surface area (Å²) in [5.74, 6) is 0.180. The van der Waals surface area contributed by atoms with E-state index in [1.54, 1.807) is 16.7 Å². The van der Waals surface area contributed by atoms with Gasteiger partial charge < -0.3 is 14.6 Å². The minimum atomic E-state index is -0.533. The Morgan fingerprint density at radius 2 is 2.04 bits per heavy atom. The Morgan fingerprint density at radius 1 is 1.15 bits per heavy atom. The zero-order valence-electron chi connectivity index (χ0n) is 14.0. The number of ether oxygens (including phenoxy) is 1. The summed E-state index contributed by atoms with van der Waals surface area (Å²) in [6.07, 6.45) is 0. The van der Waals surface area contributed by atoms with Crippen LogP contribution in [-0.4, -0.2) is 21.1 Å². The summed E-state index contributed by atoms with van der Waals surface area (Å²) in [6.45, 7) is 0.538. The van der Waals surface area contributed by atoms with Crippen molar-refractivity contribution in [3.8, 4) is 11.4 Å². The molecule has 0 bridgehead atoms. The predicted octanol–water partition coefficient (Wildman–Crippen LogP) is 4.22. The van der Waals surface area contributed by atoms with Crippen molar-refractivity contribution in [2.45, 2.75) is 13.2 Å². The minimum absolute atomic E-state index is 0.0970. The van der Waals surface area contributed by atoms with Crippen molar-refractivity contribution < 1.29 is 14.1 Å². The maximum Gasteiger partial charge on any atom is 0.358 e. The fraction of sp³-hybridized carbons (Fsp3) is 0.111. The van der Waals surface area contributed by atoms with Gasteiger partial charge in [0.25, 0.3) is 5.89 Å². The highest BCUT2D eigenvalue weighted by atomic mass is 32.1. The van der Waals surface area contributed by atoms with Crippen molar-refractivity contribution in [1.29, 1.82) is 0 Å². The van der Waals surface area contributed by atoms with E-state index in [0.29, 0.717) is 17.5 Å². The number of hydrogen-bond acceptors (Lipinski definition) is 9. The lowest BCUT2D eigenvalue weighted by atomic mass is 10.2. The van der Waals surface area contributed by atoms with Gasteiger partial charge in [0.2, 0.25) is 5.82 Å². The SMILES string of the molecule is O=C(OCc1nc(-c2ccsc2)no1)c1csc(NCc2ccccc2)n1. The fourth-order valence-electron chi connectivity index (χ4n) is 2.25. The second-order valence-corrected chi connectivity index (χ2v) is 7.12. The standard InChI is InChI=1S/C18H14N4O3S2/c23-17(24-9-15-21-16(22-25-15)13-6-7-26-10-13)14-11-27-18(20-14)19-8-12-4-2-1-3-5-12/h1-7,10-11H,8-9H2,(H,19,20). The fourth-order valence-corrected chi connectivity index (χ4v) is 3.56. The van der Waals surface area contributed by atoms with Crippen molar-refractivity contribution in [2.24, 2.45) is 0 Å². The van der Waals surface area contributed by atoms with Crippen LogP contribution in [0.3, 0.4) is 0 Å². The van der Waals surface area contributed by atoms with Gasteiger partial charge in [-0.05, 0) is 17.0 Å². The number of carbonyl (C=O) groups excluding carboxylic acids is 1. The number of thiazole rings is 1. The number of esters is 1. The van der Waals surface area contributed by atoms with Gasteiger partial charge in [-0.25, -0.2) is 9.78 Å². The van der Waals surface area contributed by atoms with Gasteiger partial charge >= 0.3 is 5.97 Å². The molecule has 0 atom stereocenters. The van der Waals surface area contributed by atoms with E-state index in [9.17, 15) is 4.79 Å². The van der Waals surface area contributed by atoms with E-state index in [4.69, 9.17) is 9.26 Å². The quantitative estimate of drug-likeness (QED) is 0.466. The first-order valence-electron chi connectivity index (χ1n) is 8.03. The number of hydrogen-bond donors (Lipinski definition) is 1. The van der Waals surface area contributed by atoms with Gasteiger partial charge in [-0.2, -0.15) is 16.3 Å². The molecule has 0 amide bonds. The summed E-state index contributed by atoms with van der Waals surface area (Å²) in [7, 11) is 0. The van der Waals surface area contributed by atoms with Gasteiger partial charge in [-0.15, -0.1) is 11.3 Å². The number of benzene rings is 1. The van der Waals surface area contributed by atoms with Crippen molar-refractivity contribution in [3.05, 3.63) is 69.7 Å². The number of rotatable bonds is 7. The Morgan fingerprint density at radius 3 is 2.85 bits per heavy atom. The molecule has 3 aromatic heterocycles. The van der Waals surface area contributed by atoms with Crippen molar-refractivity contribution in [3.63, 3.8) is 0 Å². The second kappa shape index (κ2) is 8.11. The first kappa shape index (κ1) is 17.4. The summed E-state index contributed by atoms with van der Waals surface area (Å²) < 4.78 is 10.3. The zero-order valence-corrected chi connectivity index (χ0v) is 15.6. The molecule has 1 N–H and O–H groups in total. The Labute approximate surface area is 162 Å². The summed E-state index contributed by atoms with van der Waals surface area (Å²) in [6, 6.07) is 11.8. The molecule has 0 radical (unpaired) electrons. The molecule has 7 nitrogen and oxygen atoms in total. The molecular formula is C18H14N4O3S2. The van der Waals surface area contributed by atoms with E-state index in [1.165, 1.54) is 11.3 Å². The molecule has 0 saturated heterocycles. The Bertz CT molecular complexity index is 1010. The predicted molar refractivity (Wildman–Crippen MR) is 103 cm³/mol. The first-order valence-corrected chi connectivity index (χ1v) is 9.86. The molecule has 27 heavy (non-hydrogen) atoms. The molecule has 136 valence electrons. The van der Waals surface area contributed by atoms with E-state index in [1.807, 2.05) is 47.2 Å². The van der Waals surface area contributed by atoms with E-state index in [0.717, 1.165) is 11.1 Å². The molecule has 0 spiro atoms. The maximum absolute atomic E-state index is 12.1. The number of anilines is 1. The van der Waals surface area contributed by atoms with Crippen LogP contribution in [0.15, 0.2) is 57.1 Å². The van der Waals surface area contributed by atoms with Gasteiger partial charge in [0.05, 0.1) is 0 Å². The van der Waals surface area contributed by atoms with Crippen molar-refractivity contribution in [2.75, 3.05) is 5.32 Å². The van der Waals surface area contributed by atoms with Gasteiger partial charge in [-0.1, -0.05) is 35.5 Å². The molecule has 0 aliphatic heterocycles. The molecule has 0 aliphatic carbocycles. The van der Waals surface area contributed by atoms with E-state index in [2.05, 4.69) is 20.4 Å². The van der Waals surface area contributed by atoms with Crippen molar-refractivity contribution in [1.82, 2.24) is 15.1 Å². The summed E-state index contributed by atoms with van der Waals surface area (Å²) in [5, 5.41) is 13.2. The van der Waals surface area contributed by atoms with Crippen LogP contribution in [0.4, 0.5) is 5.13 Å². The average molecular weight is 398 g/mol. The van der Waals surface area contributed by atoms with Crippen LogP contribution in [0.5, 0.6) is 0 Å². The number of aromatic nitrogens is 3. The van der Waals surface area contributed by atoms with Crippen LogP contribution in [0.1, 0.15) is 21.9 Å². The monoisotopic (exact) mass is 398 g/mol. The van der Waals surface area contributed by atoms with Crippen LogP contribution in [-0.2, 0) is 17.9 Å². The largest absolute Gasteiger partial charge is 0.451 e. The summed E-state index contributed by atoms with van der Waals surface area (Å²) in [5.41, 5.74) is 2.25. The second-order valence-electron chi connectivity index (χ2n) is 5.48. The van der Waals surface area contributed by atoms with Gasteiger partial charge in [0, 0.05) is 22.9 Å². The van der Waals surface area contributed by atoms with Gasteiger partial charge in [-0.3, -0.25) is 0 Å². The highest BCUT2D eigenvalue weighted by molar-refractivity contribution is 7.13. The number of carbonyl (C=O) groups is 1.